The van der Waals surface area contributed by atoms with Gasteiger partial charge in [-0.3, -0.25) is 0 Å². The second kappa shape index (κ2) is 9.87. The Kier molecular flexibility index (Phi) is 8.50. The van der Waals surface area contributed by atoms with Gasteiger partial charge in [-0.1, -0.05) is 13.8 Å². The van der Waals surface area contributed by atoms with Crippen molar-refractivity contribution in [1.82, 2.24) is 9.97 Å². The van der Waals surface area contributed by atoms with Gasteiger partial charge in [0, 0.05) is 32.1 Å². The van der Waals surface area contributed by atoms with Gasteiger partial charge in [0.15, 0.2) is 0 Å². The summed E-state index contributed by atoms with van der Waals surface area (Å²) >= 11 is 1.90. The van der Waals surface area contributed by atoms with Gasteiger partial charge in [0.2, 0.25) is 0 Å². The molecular formula is C16H30N4S. The molecule has 0 aliphatic rings. The highest BCUT2D eigenvalue weighted by Gasteiger charge is 2.13. The molecule has 0 spiro atoms. The first-order valence-electron chi connectivity index (χ1n) is 7.95. The highest BCUT2D eigenvalue weighted by Crippen LogP contribution is 2.19. The average molecular weight is 311 g/mol. The lowest BCUT2D eigenvalue weighted by Crippen LogP contribution is -2.30. The van der Waals surface area contributed by atoms with Gasteiger partial charge in [-0.25, -0.2) is 9.97 Å². The maximum Gasteiger partial charge on any atom is 0.134 e. The molecule has 21 heavy (non-hydrogen) atoms. The lowest BCUT2D eigenvalue weighted by Gasteiger charge is -2.26. The number of anilines is 2. The molecule has 1 heterocycles. The van der Waals surface area contributed by atoms with Gasteiger partial charge >= 0.3 is 0 Å². The van der Waals surface area contributed by atoms with Gasteiger partial charge in [-0.05, 0) is 38.2 Å². The predicted octanol–water partition coefficient (Wildman–Crippen LogP) is 3.83. The third-order valence-electron chi connectivity index (χ3n) is 3.55. The van der Waals surface area contributed by atoms with Gasteiger partial charge in [0.25, 0.3) is 0 Å². The molecule has 1 aromatic heterocycles. The Labute approximate surface area is 134 Å². The average Bonchev–Trinajstić information content (AvgIpc) is 2.49. The van der Waals surface area contributed by atoms with E-state index < -0.39 is 0 Å². The molecule has 4 nitrogen and oxygen atoms in total. The van der Waals surface area contributed by atoms with Gasteiger partial charge in [0.05, 0.1) is 0 Å². The lowest BCUT2D eigenvalue weighted by molar-refractivity contribution is 0.658. The van der Waals surface area contributed by atoms with Crippen molar-refractivity contribution in [2.24, 2.45) is 0 Å². The Morgan fingerprint density at radius 3 is 2.67 bits per heavy atom. The largest absolute Gasteiger partial charge is 0.370 e. The van der Waals surface area contributed by atoms with Crippen LogP contribution in [-0.2, 0) is 6.42 Å². The van der Waals surface area contributed by atoms with Gasteiger partial charge in [-0.2, -0.15) is 11.8 Å². The fourth-order valence-corrected chi connectivity index (χ4v) is 2.63. The van der Waals surface area contributed by atoms with E-state index >= 15 is 0 Å². The number of nitrogens with zero attached hydrogens (tertiary/aromatic N) is 3. The maximum atomic E-state index is 4.73. The molecule has 0 saturated carbocycles. The van der Waals surface area contributed by atoms with Crippen LogP contribution >= 0.6 is 11.8 Å². The van der Waals surface area contributed by atoms with Gasteiger partial charge in [-0.15, -0.1) is 0 Å². The molecule has 120 valence electrons. The molecule has 1 unspecified atom stereocenters. The molecule has 0 radical (unpaired) electrons. The number of nitrogens with one attached hydrogen (secondary N) is 1. The topological polar surface area (TPSA) is 41.0 Å². The number of thioether (sulfide) groups is 1. The smallest absolute Gasteiger partial charge is 0.134 e. The molecule has 1 rings (SSSR count). The van der Waals surface area contributed by atoms with Crippen LogP contribution < -0.4 is 10.2 Å². The Hall–Kier alpha value is -0.970. The fraction of sp³-hybridized carbons (Fsp3) is 0.750. The molecule has 1 atom stereocenters. The minimum Gasteiger partial charge on any atom is -0.370 e. The SMILES string of the molecule is CCCNc1cc(N(C)C(C)CCSC)nc(CCC)n1. The first kappa shape index (κ1) is 18.1. The number of hydrogen-bond acceptors (Lipinski definition) is 5. The molecule has 1 aromatic rings. The van der Waals surface area contributed by atoms with Crippen molar-refractivity contribution in [1.29, 1.82) is 0 Å². The van der Waals surface area contributed by atoms with Crippen LogP contribution in [0.1, 0.15) is 45.9 Å². The Morgan fingerprint density at radius 2 is 2.05 bits per heavy atom. The van der Waals surface area contributed by atoms with E-state index in [1.807, 2.05) is 11.8 Å². The molecule has 0 aliphatic carbocycles. The summed E-state index contributed by atoms with van der Waals surface area (Å²) in [6.07, 6.45) is 6.43. The fourth-order valence-electron chi connectivity index (χ4n) is 2.05. The predicted molar refractivity (Wildman–Crippen MR) is 95.7 cm³/mol. The van der Waals surface area contributed by atoms with Crippen LogP contribution in [0, 0.1) is 0 Å². The summed E-state index contributed by atoms with van der Waals surface area (Å²) in [6.45, 7) is 7.55. The van der Waals surface area contributed by atoms with Gasteiger partial charge < -0.3 is 10.2 Å². The zero-order valence-electron chi connectivity index (χ0n) is 14.1. The second-order valence-corrected chi connectivity index (χ2v) is 6.43. The summed E-state index contributed by atoms with van der Waals surface area (Å²) in [6, 6.07) is 2.56. The third kappa shape index (κ3) is 6.12. The molecule has 0 fully saturated rings. The lowest BCUT2D eigenvalue weighted by atomic mass is 10.2. The van der Waals surface area contributed by atoms with Crippen molar-refractivity contribution >= 4 is 23.4 Å². The van der Waals surface area contributed by atoms with E-state index in [1.165, 1.54) is 12.2 Å². The molecule has 0 amide bonds. The first-order valence-corrected chi connectivity index (χ1v) is 9.35. The summed E-state index contributed by atoms with van der Waals surface area (Å²) in [5.74, 6) is 4.10. The molecule has 0 aliphatic heterocycles. The quantitative estimate of drug-likeness (QED) is 0.711. The zero-order chi connectivity index (χ0) is 15.7. The van der Waals surface area contributed by atoms with E-state index in [-0.39, 0.29) is 0 Å². The summed E-state index contributed by atoms with van der Waals surface area (Å²) in [5.41, 5.74) is 0. The number of aromatic nitrogens is 2. The van der Waals surface area contributed by atoms with Crippen LogP contribution in [-0.4, -0.2) is 41.6 Å². The van der Waals surface area contributed by atoms with Crippen LogP contribution in [0.15, 0.2) is 6.07 Å². The zero-order valence-corrected chi connectivity index (χ0v) is 15.0. The Bertz CT molecular complexity index is 411. The van der Waals surface area contributed by atoms with E-state index in [4.69, 9.17) is 4.98 Å². The van der Waals surface area contributed by atoms with Crippen LogP contribution in [0.5, 0.6) is 0 Å². The van der Waals surface area contributed by atoms with Crippen LogP contribution in [0.4, 0.5) is 11.6 Å². The van der Waals surface area contributed by atoms with Crippen molar-refractivity contribution in [2.45, 2.75) is 52.5 Å². The minimum atomic E-state index is 0.487. The van der Waals surface area contributed by atoms with Crippen molar-refractivity contribution in [3.8, 4) is 0 Å². The van der Waals surface area contributed by atoms with E-state index in [1.54, 1.807) is 0 Å². The van der Waals surface area contributed by atoms with E-state index in [0.717, 1.165) is 43.3 Å². The van der Waals surface area contributed by atoms with Crippen LogP contribution in [0.3, 0.4) is 0 Å². The summed E-state index contributed by atoms with van der Waals surface area (Å²) < 4.78 is 0. The number of rotatable bonds is 10. The molecule has 5 heteroatoms. The molecule has 0 bridgehead atoms. The normalized spacial score (nSPS) is 12.2. The molecule has 1 N–H and O–H groups in total. The summed E-state index contributed by atoms with van der Waals surface area (Å²) in [4.78, 5) is 11.6. The van der Waals surface area contributed by atoms with Crippen molar-refractivity contribution in [2.75, 3.05) is 35.8 Å². The molecule has 0 saturated heterocycles. The van der Waals surface area contributed by atoms with E-state index in [2.05, 4.69) is 55.3 Å². The van der Waals surface area contributed by atoms with E-state index in [0.29, 0.717) is 6.04 Å². The Balaban J connectivity index is 2.89. The monoisotopic (exact) mass is 310 g/mol. The van der Waals surface area contributed by atoms with Gasteiger partial charge in [0.1, 0.15) is 17.5 Å². The van der Waals surface area contributed by atoms with Crippen molar-refractivity contribution in [3.05, 3.63) is 11.9 Å². The van der Waals surface area contributed by atoms with Crippen LogP contribution in [0.25, 0.3) is 0 Å². The number of aryl methyl sites for hydroxylation is 1. The summed E-state index contributed by atoms with van der Waals surface area (Å²) in [5, 5.41) is 3.39. The van der Waals surface area contributed by atoms with E-state index in [9.17, 15) is 0 Å². The molecular weight excluding hydrogens is 280 g/mol. The highest BCUT2D eigenvalue weighted by molar-refractivity contribution is 7.98. The Morgan fingerprint density at radius 1 is 1.29 bits per heavy atom. The second-order valence-electron chi connectivity index (χ2n) is 5.45. The maximum absolute atomic E-state index is 4.73. The van der Waals surface area contributed by atoms with Crippen LogP contribution in [0.2, 0.25) is 0 Å². The minimum absolute atomic E-state index is 0.487. The van der Waals surface area contributed by atoms with Crippen molar-refractivity contribution in [3.63, 3.8) is 0 Å². The highest BCUT2D eigenvalue weighted by atomic mass is 32.2. The van der Waals surface area contributed by atoms with Crippen molar-refractivity contribution < 1.29 is 0 Å². The standard InChI is InChI=1S/C16H30N4S/c1-6-8-14-18-15(17-10-7-2)12-16(19-14)20(4)13(3)9-11-21-5/h12-13H,6-11H2,1-5H3,(H,17,18,19). The third-order valence-corrected chi connectivity index (χ3v) is 4.19. The summed E-state index contributed by atoms with van der Waals surface area (Å²) in [7, 11) is 2.13. The molecule has 0 aromatic carbocycles. The number of hydrogen-bond donors (Lipinski definition) is 1. The first-order chi connectivity index (χ1) is 10.1.